The van der Waals surface area contributed by atoms with Gasteiger partial charge in [-0.05, 0) is 24.7 Å². The second kappa shape index (κ2) is 4.72. The predicted molar refractivity (Wildman–Crippen MR) is 81.0 cm³/mol. The van der Waals surface area contributed by atoms with Crippen molar-refractivity contribution in [2.75, 3.05) is 18.0 Å². The molecule has 2 aliphatic rings. The highest BCUT2D eigenvalue weighted by Gasteiger charge is 2.39. The van der Waals surface area contributed by atoms with Crippen LogP contribution in [0.25, 0.3) is 0 Å². The van der Waals surface area contributed by atoms with Gasteiger partial charge in [0.1, 0.15) is 5.82 Å². The molecule has 2 heterocycles. The maximum Gasteiger partial charge on any atom is 0.205 e. The molecule has 1 aliphatic heterocycles. The zero-order valence-corrected chi connectivity index (χ0v) is 13.2. The molecule has 1 spiro atoms. The third kappa shape index (κ3) is 2.64. The van der Waals surface area contributed by atoms with E-state index in [1.165, 1.54) is 51.6 Å². The molecule has 0 unspecified atom stereocenters. The summed E-state index contributed by atoms with van der Waals surface area (Å²) in [5.74, 6) is 0.997. The molecule has 0 radical (unpaired) electrons. The van der Waals surface area contributed by atoms with E-state index in [9.17, 15) is 0 Å². The first-order valence-electron chi connectivity index (χ1n) is 7.58. The average molecular weight is 279 g/mol. The zero-order valence-electron chi connectivity index (χ0n) is 12.4. The molecule has 3 rings (SSSR count). The Morgan fingerprint density at radius 2 is 1.84 bits per heavy atom. The number of hydrogen-bond donors (Lipinski definition) is 0. The maximum absolute atomic E-state index is 4.77. The molecule has 0 aromatic carbocycles. The van der Waals surface area contributed by atoms with Crippen LogP contribution < -0.4 is 4.90 Å². The van der Waals surface area contributed by atoms with Crippen molar-refractivity contribution >= 4 is 16.7 Å². The summed E-state index contributed by atoms with van der Waals surface area (Å²) in [6, 6.07) is 0. The fourth-order valence-corrected chi connectivity index (χ4v) is 4.34. The van der Waals surface area contributed by atoms with Crippen molar-refractivity contribution in [1.29, 1.82) is 0 Å². The Labute approximate surface area is 120 Å². The Kier molecular flexibility index (Phi) is 3.32. The summed E-state index contributed by atoms with van der Waals surface area (Å²) >= 11 is 1.59. The summed E-state index contributed by atoms with van der Waals surface area (Å²) in [6.45, 7) is 8.95. The van der Waals surface area contributed by atoms with Crippen LogP contribution in [0.4, 0.5) is 5.13 Å². The Balaban J connectivity index is 1.72. The van der Waals surface area contributed by atoms with Crippen LogP contribution in [0.15, 0.2) is 0 Å². The van der Waals surface area contributed by atoms with Gasteiger partial charge in [-0.3, -0.25) is 0 Å². The molecule has 1 aromatic heterocycles. The van der Waals surface area contributed by atoms with E-state index in [1.54, 1.807) is 11.5 Å². The monoisotopic (exact) mass is 279 g/mol. The van der Waals surface area contributed by atoms with Gasteiger partial charge in [0.05, 0.1) is 0 Å². The normalized spacial score (nSPS) is 23.2. The molecule has 106 valence electrons. The smallest absolute Gasteiger partial charge is 0.205 e. The SMILES string of the molecule is CC(C)(C)c1nsc(N2CCC3(CCCCC3)C2)n1. The van der Waals surface area contributed by atoms with Crippen molar-refractivity contribution in [3.63, 3.8) is 0 Å². The summed E-state index contributed by atoms with van der Waals surface area (Å²) < 4.78 is 4.55. The Hall–Kier alpha value is -0.640. The number of anilines is 1. The van der Waals surface area contributed by atoms with Crippen LogP contribution in [-0.4, -0.2) is 22.4 Å². The van der Waals surface area contributed by atoms with Gasteiger partial charge in [0.15, 0.2) is 0 Å². The van der Waals surface area contributed by atoms with Crippen molar-refractivity contribution in [2.24, 2.45) is 5.41 Å². The molecular formula is C15H25N3S. The van der Waals surface area contributed by atoms with Crippen molar-refractivity contribution in [2.45, 2.75) is 64.7 Å². The van der Waals surface area contributed by atoms with E-state index in [0.717, 1.165) is 11.0 Å². The summed E-state index contributed by atoms with van der Waals surface area (Å²) in [5.41, 5.74) is 0.669. The largest absolute Gasteiger partial charge is 0.346 e. The molecule has 1 saturated carbocycles. The third-order valence-corrected chi connectivity index (χ3v) is 5.49. The minimum atomic E-state index is 0.0665. The Morgan fingerprint density at radius 3 is 2.47 bits per heavy atom. The van der Waals surface area contributed by atoms with Crippen molar-refractivity contribution in [3.8, 4) is 0 Å². The summed E-state index contributed by atoms with van der Waals surface area (Å²) in [5, 5.41) is 1.15. The number of hydrogen-bond acceptors (Lipinski definition) is 4. The van der Waals surface area contributed by atoms with Crippen molar-refractivity contribution in [1.82, 2.24) is 9.36 Å². The molecule has 2 fully saturated rings. The summed E-state index contributed by atoms with van der Waals surface area (Å²) in [7, 11) is 0. The number of aromatic nitrogens is 2. The van der Waals surface area contributed by atoms with E-state index in [-0.39, 0.29) is 5.41 Å². The molecule has 1 aromatic rings. The van der Waals surface area contributed by atoms with Crippen LogP contribution in [-0.2, 0) is 5.41 Å². The van der Waals surface area contributed by atoms with E-state index >= 15 is 0 Å². The number of nitrogens with zero attached hydrogens (tertiary/aromatic N) is 3. The van der Waals surface area contributed by atoms with E-state index < -0.39 is 0 Å². The van der Waals surface area contributed by atoms with Crippen LogP contribution in [0.3, 0.4) is 0 Å². The topological polar surface area (TPSA) is 29.0 Å². The fourth-order valence-electron chi connectivity index (χ4n) is 3.46. The molecule has 19 heavy (non-hydrogen) atoms. The lowest BCUT2D eigenvalue weighted by Crippen LogP contribution is -2.29. The quantitative estimate of drug-likeness (QED) is 0.778. The third-order valence-electron chi connectivity index (χ3n) is 4.71. The highest BCUT2D eigenvalue weighted by atomic mass is 32.1. The first-order valence-corrected chi connectivity index (χ1v) is 8.35. The lowest BCUT2D eigenvalue weighted by atomic mass is 9.74. The van der Waals surface area contributed by atoms with Crippen LogP contribution in [0, 0.1) is 5.41 Å². The molecule has 0 atom stereocenters. The molecule has 0 amide bonds. The molecule has 3 nitrogen and oxygen atoms in total. The highest BCUT2D eigenvalue weighted by Crippen LogP contribution is 2.45. The van der Waals surface area contributed by atoms with Gasteiger partial charge >= 0.3 is 0 Å². The fraction of sp³-hybridized carbons (Fsp3) is 0.867. The second-order valence-corrected chi connectivity index (χ2v) is 8.11. The summed E-state index contributed by atoms with van der Waals surface area (Å²) in [6.07, 6.45) is 8.50. The van der Waals surface area contributed by atoms with Gasteiger partial charge in [0.2, 0.25) is 5.13 Å². The van der Waals surface area contributed by atoms with Gasteiger partial charge in [-0.25, -0.2) is 4.98 Å². The Morgan fingerprint density at radius 1 is 1.11 bits per heavy atom. The van der Waals surface area contributed by atoms with E-state index in [2.05, 4.69) is 30.0 Å². The van der Waals surface area contributed by atoms with Gasteiger partial charge in [-0.1, -0.05) is 40.0 Å². The van der Waals surface area contributed by atoms with E-state index in [1.807, 2.05) is 0 Å². The Bertz CT molecular complexity index is 440. The van der Waals surface area contributed by atoms with Crippen LogP contribution >= 0.6 is 11.5 Å². The molecule has 4 heteroatoms. The van der Waals surface area contributed by atoms with E-state index in [0.29, 0.717) is 5.41 Å². The maximum atomic E-state index is 4.77. The first kappa shape index (κ1) is 13.3. The van der Waals surface area contributed by atoms with Gasteiger partial charge < -0.3 is 4.90 Å². The van der Waals surface area contributed by atoms with Crippen molar-refractivity contribution in [3.05, 3.63) is 5.82 Å². The molecular weight excluding hydrogens is 254 g/mol. The van der Waals surface area contributed by atoms with E-state index in [4.69, 9.17) is 4.98 Å². The van der Waals surface area contributed by atoms with Gasteiger partial charge in [-0.2, -0.15) is 4.37 Å². The van der Waals surface area contributed by atoms with Crippen LogP contribution in [0.5, 0.6) is 0 Å². The minimum Gasteiger partial charge on any atom is -0.346 e. The lowest BCUT2D eigenvalue weighted by Gasteiger charge is -2.33. The van der Waals surface area contributed by atoms with Gasteiger partial charge in [0.25, 0.3) is 0 Å². The molecule has 0 N–H and O–H groups in total. The first-order chi connectivity index (χ1) is 8.99. The molecule has 1 saturated heterocycles. The zero-order chi connectivity index (χ0) is 13.5. The standard InChI is InChI=1S/C15H25N3S/c1-14(2,3)12-16-13(19-17-12)18-10-9-15(11-18)7-5-4-6-8-15/h4-11H2,1-3H3. The number of rotatable bonds is 1. The second-order valence-electron chi connectivity index (χ2n) is 7.38. The predicted octanol–water partition coefficient (Wildman–Crippen LogP) is 4.00. The van der Waals surface area contributed by atoms with Gasteiger partial charge in [-0.15, -0.1) is 0 Å². The average Bonchev–Trinajstić information content (AvgIpc) is 2.96. The summed E-state index contributed by atoms with van der Waals surface area (Å²) in [4.78, 5) is 7.26. The lowest BCUT2D eigenvalue weighted by molar-refractivity contribution is 0.219. The minimum absolute atomic E-state index is 0.0665. The van der Waals surface area contributed by atoms with Crippen LogP contribution in [0.2, 0.25) is 0 Å². The highest BCUT2D eigenvalue weighted by molar-refractivity contribution is 7.09. The van der Waals surface area contributed by atoms with Crippen molar-refractivity contribution < 1.29 is 0 Å². The molecule has 1 aliphatic carbocycles. The molecule has 0 bridgehead atoms. The van der Waals surface area contributed by atoms with Crippen LogP contribution in [0.1, 0.15) is 65.1 Å². The van der Waals surface area contributed by atoms with Gasteiger partial charge in [0, 0.05) is 30.0 Å².